The van der Waals surface area contributed by atoms with E-state index in [0.29, 0.717) is 18.1 Å². The number of anilines is 1. The fourth-order valence-corrected chi connectivity index (χ4v) is 7.56. The highest BCUT2D eigenvalue weighted by molar-refractivity contribution is 8.09. The number of sulfonamides is 2. The van der Waals surface area contributed by atoms with Gasteiger partial charge in [-0.2, -0.15) is 3.71 Å². The molecule has 0 aliphatic heterocycles. The highest BCUT2D eigenvalue weighted by atomic mass is 32.3. The van der Waals surface area contributed by atoms with E-state index in [-0.39, 0.29) is 21.5 Å². The molecule has 3 aromatic rings. The number of pyridine rings is 1. The number of benzene rings is 1. The van der Waals surface area contributed by atoms with Crippen molar-refractivity contribution in [2.75, 3.05) is 23.3 Å². The van der Waals surface area contributed by atoms with Crippen LogP contribution in [0.3, 0.4) is 0 Å². The Balaban J connectivity index is 2.24. The van der Waals surface area contributed by atoms with Crippen LogP contribution in [0.25, 0.3) is 11.3 Å². The Bertz CT molecular complexity index is 1480. The molecule has 0 fully saturated rings. The van der Waals surface area contributed by atoms with Gasteiger partial charge in [0, 0.05) is 24.5 Å². The number of hydrogen-bond donors (Lipinski definition) is 1. The average molecular weight is 517 g/mol. The van der Waals surface area contributed by atoms with Crippen molar-refractivity contribution in [3.63, 3.8) is 0 Å². The summed E-state index contributed by atoms with van der Waals surface area (Å²) in [4.78, 5) is 3.25. The molecule has 3 rings (SSSR count). The molecule has 0 atom stereocenters. The van der Waals surface area contributed by atoms with Gasteiger partial charge in [0.25, 0.3) is 10.0 Å². The third-order valence-corrected chi connectivity index (χ3v) is 9.33. The van der Waals surface area contributed by atoms with E-state index >= 15 is 0 Å². The Kier molecular flexibility index (Phi) is 6.66. The summed E-state index contributed by atoms with van der Waals surface area (Å²) in [5.41, 5.74) is 0.127. The van der Waals surface area contributed by atoms with Gasteiger partial charge in [0.05, 0.1) is 30.1 Å². The molecule has 0 bridgehead atoms. The second-order valence-electron chi connectivity index (χ2n) is 7.15. The Morgan fingerprint density at radius 2 is 1.64 bits per heavy atom. The van der Waals surface area contributed by atoms with E-state index in [0.717, 1.165) is 22.4 Å². The van der Waals surface area contributed by atoms with Crippen molar-refractivity contribution in [3.8, 4) is 11.3 Å². The summed E-state index contributed by atoms with van der Waals surface area (Å²) in [6.07, 6.45) is 4.50. The lowest BCUT2D eigenvalue weighted by molar-refractivity contribution is 0.584. The van der Waals surface area contributed by atoms with Crippen molar-refractivity contribution in [3.05, 3.63) is 66.4 Å². The smallest absolute Gasteiger partial charge is 0.269 e. The van der Waals surface area contributed by atoms with E-state index in [1.54, 1.807) is 13.1 Å². The van der Waals surface area contributed by atoms with Crippen LogP contribution in [0.5, 0.6) is 0 Å². The normalized spacial score (nSPS) is 12.6. The number of rotatable bonds is 8. The van der Waals surface area contributed by atoms with Crippen LogP contribution in [-0.4, -0.2) is 53.8 Å². The molecule has 0 spiro atoms. The summed E-state index contributed by atoms with van der Waals surface area (Å²) in [6.45, 7) is 0.290. The van der Waals surface area contributed by atoms with Crippen LogP contribution in [0.2, 0.25) is 0 Å². The molecule has 10 nitrogen and oxygen atoms in total. The third kappa shape index (κ3) is 5.08. The molecule has 0 aliphatic carbocycles. The molecular formula is C19H21FN4O6S3. The Morgan fingerprint density at radius 3 is 2.21 bits per heavy atom. The summed E-state index contributed by atoms with van der Waals surface area (Å²) >= 11 is 0. The minimum atomic E-state index is -4.44. The molecule has 14 heteroatoms. The van der Waals surface area contributed by atoms with Gasteiger partial charge < -0.3 is 5.32 Å². The largest absolute Gasteiger partial charge is 0.316 e. The van der Waals surface area contributed by atoms with Crippen LogP contribution in [0, 0.1) is 5.82 Å². The zero-order valence-corrected chi connectivity index (χ0v) is 20.2. The van der Waals surface area contributed by atoms with Crippen molar-refractivity contribution < 1.29 is 29.6 Å². The molecule has 0 aliphatic rings. The Labute approximate surface area is 191 Å². The van der Waals surface area contributed by atoms with Gasteiger partial charge in [0.15, 0.2) is 0 Å². The van der Waals surface area contributed by atoms with Gasteiger partial charge in [-0.1, -0.05) is 12.1 Å². The molecule has 0 unspecified atom stereocenters. The zero-order valence-electron chi connectivity index (χ0n) is 17.8. The van der Waals surface area contributed by atoms with Gasteiger partial charge in [0.2, 0.25) is 20.0 Å². The standard InChI is InChI=1S/C19H21FN4O6S3/c1-21-10-14-8-19(17-6-4-5-7-18(17)20)23(13-14)33(29,30)16-9-15(11-22-12-16)24(31(2,25)26)32(3,27)28/h4-9,11-13,21H,10H2,1-3H3. The predicted octanol–water partition coefficient (Wildman–Crippen LogP) is 1.37. The third-order valence-electron chi connectivity index (χ3n) is 4.44. The number of aromatic nitrogens is 2. The van der Waals surface area contributed by atoms with E-state index in [1.807, 2.05) is 0 Å². The second kappa shape index (κ2) is 8.85. The second-order valence-corrected chi connectivity index (χ2v) is 12.9. The van der Waals surface area contributed by atoms with Crippen LogP contribution < -0.4 is 9.03 Å². The molecular weight excluding hydrogens is 495 g/mol. The molecule has 1 N–H and O–H groups in total. The highest BCUT2D eigenvalue weighted by Crippen LogP contribution is 2.30. The van der Waals surface area contributed by atoms with E-state index in [9.17, 15) is 29.6 Å². The molecule has 0 saturated heterocycles. The van der Waals surface area contributed by atoms with Crippen LogP contribution >= 0.6 is 0 Å². The van der Waals surface area contributed by atoms with Gasteiger partial charge in [-0.3, -0.25) is 4.98 Å². The maximum absolute atomic E-state index is 14.5. The zero-order chi connectivity index (χ0) is 24.6. The quantitative estimate of drug-likeness (QED) is 0.474. The molecule has 2 aromatic heterocycles. The Morgan fingerprint density at radius 1 is 1.00 bits per heavy atom. The van der Waals surface area contributed by atoms with E-state index in [4.69, 9.17) is 0 Å². The van der Waals surface area contributed by atoms with Gasteiger partial charge in [0.1, 0.15) is 10.7 Å². The van der Waals surface area contributed by atoms with E-state index in [1.165, 1.54) is 30.5 Å². The first kappa shape index (κ1) is 24.8. The van der Waals surface area contributed by atoms with Crippen molar-refractivity contribution >= 4 is 35.8 Å². The van der Waals surface area contributed by atoms with Crippen LogP contribution in [-0.2, 0) is 36.6 Å². The van der Waals surface area contributed by atoms with Crippen LogP contribution in [0.1, 0.15) is 5.56 Å². The van der Waals surface area contributed by atoms with Crippen molar-refractivity contribution in [2.45, 2.75) is 11.4 Å². The first-order valence-corrected chi connectivity index (χ1v) is 14.4. The molecule has 178 valence electrons. The van der Waals surface area contributed by atoms with E-state index < -0.39 is 46.5 Å². The van der Waals surface area contributed by atoms with Crippen LogP contribution in [0.4, 0.5) is 10.1 Å². The summed E-state index contributed by atoms with van der Waals surface area (Å²) in [5.74, 6) is -0.643. The molecule has 1 aromatic carbocycles. The number of nitrogens with zero attached hydrogens (tertiary/aromatic N) is 3. The summed E-state index contributed by atoms with van der Waals surface area (Å²) in [5, 5.41) is 2.88. The van der Waals surface area contributed by atoms with Crippen LogP contribution in [0.15, 0.2) is 59.9 Å². The maximum Gasteiger partial charge on any atom is 0.269 e. The van der Waals surface area contributed by atoms with Gasteiger partial charge in [-0.15, -0.1) is 0 Å². The first-order valence-electron chi connectivity index (χ1n) is 9.28. The molecule has 0 amide bonds. The predicted molar refractivity (Wildman–Crippen MR) is 122 cm³/mol. The summed E-state index contributed by atoms with van der Waals surface area (Å²) in [6, 6.07) is 8.01. The number of nitrogens with one attached hydrogen (secondary N) is 1. The lowest BCUT2D eigenvalue weighted by Gasteiger charge is -2.20. The van der Waals surface area contributed by atoms with Gasteiger partial charge >= 0.3 is 0 Å². The minimum Gasteiger partial charge on any atom is -0.316 e. The lowest BCUT2D eigenvalue weighted by atomic mass is 10.1. The van der Waals surface area contributed by atoms with Crippen molar-refractivity contribution in [1.29, 1.82) is 0 Å². The fourth-order valence-electron chi connectivity index (χ4n) is 3.25. The van der Waals surface area contributed by atoms with E-state index in [2.05, 4.69) is 10.3 Å². The summed E-state index contributed by atoms with van der Waals surface area (Å²) < 4.78 is 90.7. The Hall–Kier alpha value is -2.81. The number of hydrogen-bond acceptors (Lipinski definition) is 8. The number of halogens is 1. The fraction of sp³-hybridized carbons (Fsp3) is 0.211. The molecule has 2 heterocycles. The highest BCUT2D eigenvalue weighted by Gasteiger charge is 2.30. The van der Waals surface area contributed by atoms with Crippen molar-refractivity contribution in [1.82, 2.24) is 14.3 Å². The SMILES string of the molecule is CNCc1cc(-c2ccccc2F)n(S(=O)(=O)c2cncc(N(S(C)(=O)=O)S(C)(=O)=O)c2)c1. The molecule has 0 radical (unpaired) electrons. The van der Waals surface area contributed by atoms with Gasteiger partial charge in [-0.25, -0.2) is 33.6 Å². The monoisotopic (exact) mass is 516 g/mol. The van der Waals surface area contributed by atoms with Gasteiger partial charge in [-0.05, 0) is 36.9 Å². The first-order chi connectivity index (χ1) is 15.3. The average Bonchev–Trinajstić information content (AvgIpc) is 3.11. The lowest BCUT2D eigenvalue weighted by Crippen LogP contribution is -2.35. The minimum absolute atomic E-state index is 0.0291. The molecule has 33 heavy (non-hydrogen) atoms. The topological polar surface area (TPSA) is 136 Å². The maximum atomic E-state index is 14.5. The summed E-state index contributed by atoms with van der Waals surface area (Å²) in [7, 11) is -11.4. The molecule has 0 saturated carbocycles. The van der Waals surface area contributed by atoms with Crippen molar-refractivity contribution in [2.24, 2.45) is 0 Å².